The quantitative estimate of drug-likeness (QED) is 0.241. The van der Waals surface area contributed by atoms with E-state index in [2.05, 4.69) is 37.8 Å². The highest BCUT2D eigenvalue weighted by molar-refractivity contribution is 5.81. The molecule has 1 aromatic carbocycles. The molecule has 3 nitrogen and oxygen atoms in total. The number of benzene rings is 1. The van der Waals surface area contributed by atoms with Gasteiger partial charge in [0.15, 0.2) is 0 Å². The van der Waals surface area contributed by atoms with Crippen molar-refractivity contribution in [2.24, 2.45) is 5.92 Å². The number of rotatable bonds is 12. The summed E-state index contributed by atoms with van der Waals surface area (Å²) in [6, 6.07) is 8.77. The van der Waals surface area contributed by atoms with Gasteiger partial charge in [-0.25, -0.2) is 4.79 Å². The molecule has 0 radical (unpaired) electrons. The van der Waals surface area contributed by atoms with Crippen LogP contribution in [0.5, 0.6) is 5.75 Å². The van der Waals surface area contributed by atoms with E-state index in [1.807, 2.05) is 0 Å². The molecule has 1 aromatic rings. The summed E-state index contributed by atoms with van der Waals surface area (Å²) >= 11 is 0. The van der Waals surface area contributed by atoms with Crippen molar-refractivity contribution in [2.75, 3.05) is 13.2 Å². The van der Waals surface area contributed by atoms with E-state index in [4.69, 9.17) is 9.47 Å². The standard InChI is InChI=1S/C24H36O3/c1-3-9-20-10-12-21(13-11-20)22-14-16-23(17-15-22)26-18-7-5-6-8-19-27-24(25)4-2/h4,14-17,20-21H,2-3,5-13,18-19H2,1H3/t20-,21-. The zero-order chi connectivity index (χ0) is 19.3. The Morgan fingerprint density at radius 3 is 2.33 bits per heavy atom. The van der Waals surface area contributed by atoms with Crippen molar-refractivity contribution < 1.29 is 14.3 Å². The Morgan fingerprint density at radius 2 is 1.70 bits per heavy atom. The molecule has 1 fully saturated rings. The molecule has 0 unspecified atom stereocenters. The molecular formula is C24H36O3. The summed E-state index contributed by atoms with van der Waals surface area (Å²) in [6.07, 6.45) is 13.5. The first-order chi connectivity index (χ1) is 13.2. The monoisotopic (exact) mass is 372 g/mol. The van der Waals surface area contributed by atoms with Crippen LogP contribution in [0.4, 0.5) is 0 Å². The van der Waals surface area contributed by atoms with Crippen molar-refractivity contribution in [3.05, 3.63) is 42.5 Å². The van der Waals surface area contributed by atoms with Crippen LogP contribution in [0.2, 0.25) is 0 Å². The highest BCUT2D eigenvalue weighted by atomic mass is 16.5. The molecule has 0 aliphatic heterocycles. The lowest BCUT2D eigenvalue weighted by molar-refractivity contribution is -0.137. The molecule has 0 saturated heterocycles. The molecule has 1 saturated carbocycles. The van der Waals surface area contributed by atoms with Gasteiger partial charge in [0.25, 0.3) is 0 Å². The van der Waals surface area contributed by atoms with Gasteiger partial charge in [-0.1, -0.05) is 38.5 Å². The van der Waals surface area contributed by atoms with Gasteiger partial charge in [0.1, 0.15) is 5.75 Å². The van der Waals surface area contributed by atoms with E-state index < -0.39 is 0 Å². The van der Waals surface area contributed by atoms with E-state index in [1.165, 1.54) is 50.2 Å². The lowest BCUT2D eigenvalue weighted by Gasteiger charge is -2.28. The molecule has 3 heteroatoms. The zero-order valence-electron chi connectivity index (χ0n) is 17.0. The topological polar surface area (TPSA) is 35.5 Å². The largest absolute Gasteiger partial charge is 0.494 e. The van der Waals surface area contributed by atoms with E-state index >= 15 is 0 Å². The van der Waals surface area contributed by atoms with Crippen molar-refractivity contribution in [1.29, 1.82) is 0 Å². The number of unbranched alkanes of at least 4 members (excludes halogenated alkanes) is 3. The van der Waals surface area contributed by atoms with Crippen LogP contribution in [-0.4, -0.2) is 19.2 Å². The van der Waals surface area contributed by atoms with E-state index in [0.717, 1.165) is 49.9 Å². The van der Waals surface area contributed by atoms with Crippen molar-refractivity contribution in [3.63, 3.8) is 0 Å². The van der Waals surface area contributed by atoms with Crippen LogP contribution >= 0.6 is 0 Å². The third kappa shape index (κ3) is 8.19. The van der Waals surface area contributed by atoms with Gasteiger partial charge in [-0.3, -0.25) is 0 Å². The molecule has 2 rings (SSSR count). The maximum Gasteiger partial charge on any atom is 0.330 e. The Labute approximate surface area is 165 Å². The maximum absolute atomic E-state index is 10.9. The molecule has 0 spiro atoms. The number of ether oxygens (including phenoxy) is 2. The summed E-state index contributed by atoms with van der Waals surface area (Å²) < 4.78 is 10.8. The minimum Gasteiger partial charge on any atom is -0.494 e. The SMILES string of the molecule is C=CC(=O)OCCCCCCOc1ccc([C@H]2CC[C@H](CCC)CC2)cc1. The fourth-order valence-electron chi connectivity index (χ4n) is 4.01. The van der Waals surface area contributed by atoms with Crippen molar-refractivity contribution in [1.82, 2.24) is 0 Å². The van der Waals surface area contributed by atoms with Gasteiger partial charge >= 0.3 is 5.97 Å². The summed E-state index contributed by atoms with van der Waals surface area (Å²) in [6.45, 7) is 6.90. The van der Waals surface area contributed by atoms with E-state index in [1.54, 1.807) is 0 Å². The second-order valence-electron chi connectivity index (χ2n) is 7.71. The highest BCUT2D eigenvalue weighted by Gasteiger charge is 2.21. The summed E-state index contributed by atoms with van der Waals surface area (Å²) in [4.78, 5) is 10.9. The first-order valence-corrected chi connectivity index (χ1v) is 10.7. The second kappa shape index (κ2) is 12.6. The Hall–Kier alpha value is -1.77. The van der Waals surface area contributed by atoms with Crippen LogP contribution in [0, 0.1) is 5.92 Å². The van der Waals surface area contributed by atoms with Crippen LogP contribution in [0.15, 0.2) is 36.9 Å². The summed E-state index contributed by atoms with van der Waals surface area (Å²) in [7, 11) is 0. The van der Waals surface area contributed by atoms with Gasteiger partial charge in [0, 0.05) is 6.08 Å². The fourth-order valence-corrected chi connectivity index (χ4v) is 4.01. The lowest BCUT2D eigenvalue weighted by atomic mass is 9.77. The average molecular weight is 373 g/mol. The minimum atomic E-state index is -0.337. The Bertz CT molecular complexity index is 541. The normalized spacial score (nSPS) is 19.4. The first-order valence-electron chi connectivity index (χ1n) is 10.7. The fraction of sp³-hybridized carbons (Fsp3) is 0.625. The summed E-state index contributed by atoms with van der Waals surface area (Å²) in [5, 5.41) is 0. The average Bonchev–Trinajstić information content (AvgIpc) is 2.71. The smallest absolute Gasteiger partial charge is 0.330 e. The number of hydrogen-bond acceptors (Lipinski definition) is 3. The molecule has 0 atom stereocenters. The van der Waals surface area contributed by atoms with Crippen molar-refractivity contribution in [3.8, 4) is 5.75 Å². The number of hydrogen-bond donors (Lipinski definition) is 0. The van der Waals surface area contributed by atoms with Crippen LogP contribution in [0.3, 0.4) is 0 Å². The van der Waals surface area contributed by atoms with Crippen molar-refractivity contribution >= 4 is 5.97 Å². The number of carbonyl (C=O) groups is 1. The molecule has 27 heavy (non-hydrogen) atoms. The maximum atomic E-state index is 10.9. The molecule has 150 valence electrons. The molecule has 0 bridgehead atoms. The van der Waals surface area contributed by atoms with Gasteiger partial charge in [-0.2, -0.15) is 0 Å². The summed E-state index contributed by atoms with van der Waals surface area (Å²) in [5.41, 5.74) is 1.48. The Morgan fingerprint density at radius 1 is 1.04 bits per heavy atom. The van der Waals surface area contributed by atoms with Crippen LogP contribution in [0.1, 0.15) is 82.6 Å². The molecule has 0 aromatic heterocycles. The molecule has 1 aliphatic carbocycles. The van der Waals surface area contributed by atoms with Crippen LogP contribution in [-0.2, 0) is 9.53 Å². The number of carbonyl (C=O) groups excluding carboxylic acids is 1. The third-order valence-electron chi connectivity index (χ3n) is 5.61. The molecule has 0 heterocycles. The van der Waals surface area contributed by atoms with Gasteiger partial charge in [-0.05, 0) is 80.9 Å². The second-order valence-corrected chi connectivity index (χ2v) is 7.71. The van der Waals surface area contributed by atoms with E-state index in [0.29, 0.717) is 6.61 Å². The van der Waals surface area contributed by atoms with Crippen LogP contribution < -0.4 is 4.74 Å². The van der Waals surface area contributed by atoms with E-state index in [-0.39, 0.29) is 5.97 Å². The highest BCUT2D eigenvalue weighted by Crippen LogP contribution is 2.37. The van der Waals surface area contributed by atoms with Crippen molar-refractivity contribution in [2.45, 2.75) is 77.0 Å². The first kappa shape index (κ1) is 21.5. The van der Waals surface area contributed by atoms with Gasteiger partial charge in [-0.15, -0.1) is 0 Å². The molecule has 0 amide bonds. The molecule has 1 aliphatic rings. The summed E-state index contributed by atoms with van der Waals surface area (Å²) in [5.74, 6) is 2.33. The van der Waals surface area contributed by atoms with Gasteiger partial charge < -0.3 is 9.47 Å². The molecular weight excluding hydrogens is 336 g/mol. The Kier molecular flexibility index (Phi) is 10.0. The lowest BCUT2D eigenvalue weighted by Crippen LogP contribution is -2.13. The Balaban J connectivity index is 1.57. The molecule has 0 N–H and O–H groups in total. The zero-order valence-corrected chi connectivity index (χ0v) is 17.0. The van der Waals surface area contributed by atoms with E-state index in [9.17, 15) is 4.79 Å². The number of esters is 1. The third-order valence-corrected chi connectivity index (χ3v) is 5.61. The predicted octanol–water partition coefficient (Wildman–Crippen LogP) is 6.43. The van der Waals surface area contributed by atoms with Gasteiger partial charge in [0.2, 0.25) is 0 Å². The predicted molar refractivity (Wildman–Crippen MR) is 111 cm³/mol. The minimum absolute atomic E-state index is 0.337. The van der Waals surface area contributed by atoms with Crippen LogP contribution in [0.25, 0.3) is 0 Å². The van der Waals surface area contributed by atoms with Gasteiger partial charge in [0.05, 0.1) is 13.2 Å².